The number of aliphatic carboxylic acids is 1. The Hall–Kier alpha value is -1.94. The zero-order valence-corrected chi connectivity index (χ0v) is 16.9. The molecule has 1 rings (SSSR count). The van der Waals surface area contributed by atoms with E-state index in [9.17, 15) is 23.1 Å². The van der Waals surface area contributed by atoms with Crippen molar-refractivity contribution in [2.45, 2.75) is 58.4 Å². The number of rotatable bonds is 9. The predicted molar refractivity (Wildman–Crippen MR) is 96.1 cm³/mol. The van der Waals surface area contributed by atoms with Crippen molar-refractivity contribution in [1.82, 2.24) is 19.8 Å². The molecular weight excluding hydrogens is 360 g/mol. The number of carbonyl (C=O) groups is 2. The maximum atomic E-state index is 12.6. The number of hydrogen-bond donors (Lipinski definition) is 3. The fraction of sp³-hybridized carbons (Fsp3) is 0.688. The van der Waals surface area contributed by atoms with Gasteiger partial charge in [0, 0.05) is 13.6 Å². The van der Waals surface area contributed by atoms with Gasteiger partial charge in [0.15, 0.2) is 0 Å². The standard InChI is InChI=1S/C16H28N4O5S/c1-7-16(8-2,15(22)23)9-17-14(21)11(4)19-26(24,25)13-10(3)18-20(6)12(13)5/h11,19H,7-9H2,1-6H3,(H,17,21)(H,22,23). The van der Waals surface area contributed by atoms with E-state index in [1.807, 2.05) is 0 Å². The van der Waals surface area contributed by atoms with Crippen LogP contribution in [0.15, 0.2) is 4.90 Å². The first-order chi connectivity index (χ1) is 11.9. The van der Waals surface area contributed by atoms with Crippen LogP contribution in [0.4, 0.5) is 0 Å². The smallest absolute Gasteiger partial charge is 0.311 e. The van der Waals surface area contributed by atoms with Gasteiger partial charge in [-0.1, -0.05) is 13.8 Å². The highest BCUT2D eigenvalue weighted by Crippen LogP contribution is 2.25. The van der Waals surface area contributed by atoms with Crippen molar-refractivity contribution in [1.29, 1.82) is 0 Å². The van der Waals surface area contributed by atoms with Gasteiger partial charge in [-0.2, -0.15) is 9.82 Å². The third-order valence-electron chi connectivity index (χ3n) is 4.84. The summed E-state index contributed by atoms with van der Waals surface area (Å²) in [6.07, 6.45) is 0.709. The molecule has 0 fully saturated rings. The van der Waals surface area contributed by atoms with Crippen molar-refractivity contribution >= 4 is 21.9 Å². The molecule has 1 unspecified atom stereocenters. The summed E-state index contributed by atoms with van der Waals surface area (Å²) in [5.41, 5.74) is -0.262. The number of nitrogens with zero attached hydrogens (tertiary/aromatic N) is 2. The Balaban J connectivity index is 2.88. The summed E-state index contributed by atoms with van der Waals surface area (Å²) >= 11 is 0. The maximum absolute atomic E-state index is 12.6. The normalized spacial score (nSPS) is 13.5. The molecule has 1 amide bonds. The highest BCUT2D eigenvalue weighted by Gasteiger charge is 2.36. The van der Waals surface area contributed by atoms with E-state index < -0.39 is 33.4 Å². The average Bonchev–Trinajstić information content (AvgIpc) is 2.80. The third kappa shape index (κ3) is 4.42. The Kier molecular flexibility index (Phi) is 6.95. The number of hydrogen-bond acceptors (Lipinski definition) is 5. The van der Waals surface area contributed by atoms with Gasteiger partial charge in [-0.3, -0.25) is 14.3 Å². The molecule has 1 atom stereocenters. The Morgan fingerprint density at radius 2 is 1.81 bits per heavy atom. The first kappa shape index (κ1) is 22.1. The number of aromatic nitrogens is 2. The van der Waals surface area contributed by atoms with Crippen molar-refractivity contribution in [2.24, 2.45) is 12.5 Å². The van der Waals surface area contributed by atoms with Crippen LogP contribution >= 0.6 is 0 Å². The van der Waals surface area contributed by atoms with Crippen molar-refractivity contribution in [3.8, 4) is 0 Å². The lowest BCUT2D eigenvalue weighted by Crippen LogP contribution is -2.49. The van der Waals surface area contributed by atoms with Crippen LogP contribution in [0, 0.1) is 19.3 Å². The molecule has 0 aliphatic heterocycles. The molecule has 1 aromatic heterocycles. The second-order valence-corrected chi connectivity index (χ2v) is 8.13. The van der Waals surface area contributed by atoms with Crippen molar-refractivity contribution < 1.29 is 23.1 Å². The quantitative estimate of drug-likeness (QED) is 0.571. The summed E-state index contributed by atoms with van der Waals surface area (Å²) in [4.78, 5) is 23.8. The molecule has 0 saturated heterocycles. The number of sulfonamides is 1. The van der Waals surface area contributed by atoms with E-state index in [-0.39, 0.29) is 11.4 Å². The van der Waals surface area contributed by atoms with Gasteiger partial charge in [-0.25, -0.2) is 8.42 Å². The second-order valence-electron chi connectivity index (χ2n) is 6.48. The predicted octanol–water partition coefficient (Wildman–Crippen LogP) is 0.711. The minimum absolute atomic E-state index is 0.0432. The monoisotopic (exact) mass is 388 g/mol. The molecule has 9 nitrogen and oxygen atoms in total. The summed E-state index contributed by atoms with van der Waals surface area (Å²) in [6.45, 7) is 8.03. The van der Waals surface area contributed by atoms with E-state index in [1.165, 1.54) is 11.6 Å². The van der Waals surface area contributed by atoms with E-state index in [4.69, 9.17) is 0 Å². The van der Waals surface area contributed by atoms with Gasteiger partial charge in [0.2, 0.25) is 15.9 Å². The summed E-state index contributed by atoms with van der Waals surface area (Å²) in [5.74, 6) is -1.57. The van der Waals surface area contributed by atoms with Crippen LogP contribution < -0.4 is 10.0 Å². The molecule has 26 heavy (non-hydrogen) atoms. The summed E-state index contributed by atoms with van der Waals surface area (Å²) < 4.78 is 29.0. The van der Waals surface area contributed by atoms with Gasteiger partial charge in [0.05, 0.1) is 22.8 Å². The molecule has 0 aromatic carbocycles. The highest BCUT2D eigenvalue weighted by molar-refractivity contribution is 7.89. The van der Waals surface area contributed by atoms with Crippen LogP contribution in [0.2, 0.25) is 0 Å². The molecule has 1 heterocycles. The molecule has 10 heteroatoms. The molecule has 1 aromatic rings. The molecular formula is C16H28N4O5S. The van der Waals surface area contributed by atoms with Gasteiger partial charge < -0.3 is 10.4 Å². The third-order valence-corrected chi connectivity index (χ3v) is 6.64. The van der Waals surface area contributed by atoms with Crippen LogP contribution in [-0.4, -0.2) is 47.8 Å². The van der Waals surface area contributed by atoms with Crippen LogP contribution in [-0.2, 0) is 26.7 Å². The number of amides is 1. The highest BCUT2D eigenvalue weighted by atomic mass is 32.2. The van der Waals surface area contributed by atoms with Crippen molar-refractivity contribution in [3.63, 3.8) is 0 Å². The SMILES string of the molecule is CCC(CC)(CNC(=O)C(C)NS(=O)(=O)c1c(C)nn(C)c1C)C(=O)O. The first-order valence-corrected chi connectivity index (χ1v) is 9.93. The van der Waals surface area contributed by atoms with Crippen LogP contribution in [0.3, 0.4) is 0 Å². The van der Waals surface area contributed by atoms with E-state index in [0.717, 1.165) is 0 Å². The fourth-order valence-electron chi connectivity index (χ4n) is 2.78. The van der Waals surface area contributed by atoms with Crippen LogP contribution in [0.5, 0.6) is 0 Å². The maximum Gasteiger partial charge on any atom is 0.311 e. The number of nitrogens with one attached hydrogen (secondary N) is 2. The van der Waals surface area contributed by atoms with E-state index in [1.54, 1.807) is 34.7 Å². The molecule has 0 radical (unpaired) electrons. The molecule has 0 saturated carbocycles. The average molecular weight is 388 g/mol. The molecule has 148 valence electrons. The Morgan fingerprint density at radius 3 is 2.19 bits per heavy atom. The van der Waals surface area contributed by atoms with Crippen molar-refractivity contribution in [3.05, 3.63) is 11.4 Å². The van der Waals surface area contributed by atoms with Gasteiger partial charge >= 0.3 is 5.97 Å². The van der Waals surface area contributed by atoms with E-state index >= 15 is 0 Å². The van der Waals surface area contributed by atoms with Gasteiger partial charge in [0.25, 0.3) is 0 Å². The number of carbonyl (C=O) groups excluding carboxylic acids is 1. The zero-order chi connectivity index (χ0) is 20.3. The lowest BCUT2D eigenvalue weighted by atomic mass is 9.82. The van der Waals surface area contributed by atoms with Crippen LogP contribution in [0.1, 0.15) is 45.0 Å². The zero-order valence-electron chi connectivity index (χ0n) is 16.1. The van der Waals surface area contributed by atoms with Crippen LogP contribution in [0.25, 0.3) is 0 Å². The molecule has 3 N–H and O–H groups in total. The van der Waals surface area contributed by atoms with Crippen molar-refractivity contribution in [2.75, 3.05) is 6.54 Å². The van der Waals surface area contributed by atoms with Gasteiger partial charge in [-0.15, -0.1) is 0 Å². The van der Waals surface area contributed by atoms with E-state index in [2.05, 4.69) is 15.1 Å². The fourth-order valence-corrected chi connectivity index (χ4v) is 4.42. The largest absolute Gasteiger partial charge is 0.481 e. The van der Waals surface area contributed by atoms with Gasteiger partial charge in [0.1, 0.15) is 4.90 Å². The molecule has 0 spiro atoms. The summed E-state index contributed by atoms with van der Waals surface area (Å²) in [5, 5.41) is 16.0. The Bertz CT molecular complexity index is 781. The first-order valence-electron chi connectivity index (χ1n) is 8.45. The van der Waals surface area contributed by atoms with Gasteiger partial charge in [-0.05, 0) is 33.6 Å². The molecule has 0 aliphatic carbocycles. The molecule has 0 aliphatic rings. The minimum Gasteiger partial charge on any atom is -0.481 e. The number of carboxylic acids is 1. The topological polar surface area (TPSA) is 130 Å². The summed E-state index contributed by atoms with van der Waals surface area (Å²) in [7, 11) is -2.30. The van der Waals surface area contributed by atoms with E-state index in [0.29, 0.717) is 24.2 Å². The summed E-state index contributed by atoms with van der Waals surface area (Å²) in [6, 6.07) is -1.06. The molecule has 0 bridgehead atoms. The minimum atomic E-state index is -3.94. The second kappa shape index (κ2) is 8.17. The Morgan fingerprint density at radius 1 is 1.27 bits per heavy atom. The number of carboxylic acid groups (broad SMARTS) is 1. The Labute approximate surface area is 154 Å². The lowest BCUT2D eigenvalue weighted by molar-refractivity contribution is -0.149. The number of aryl methyl sites for hydroxylation is 2. The lowest BCUT2D eigenvalue weighted by Gasteiger charge is -2.27.